The van der Waals surface area contributed by atoms with Crippen molar-refractivity contribution in [3.8, 4) is 0 Å². The van der Waals surface area contributed by atoms with E-state index >= 15 is 0 Å². The van der Waals surface area contributed by atoms with Crippen molar-refractivity contribution in [2.45, 2.75) is 44.1 Å². The van der Waals surface area contributed by atoms with E-state index in [4.69, 9.17) is 11.6 Å². The summed E-state index contributed by atoms with van der Waals surface area (Å²) in [5, 5.41) is 11.1. The highest BCUT2D eigenvalue weighted by atomic mass is 35.5. The minimum absolute atomic E-state index is 0.0779. The van der Waals surface area contributed by atoms with Gasteiger partial charge in [-0.3, -0.25) is 4.21 Å². The summed E-state index contributed by atoms with van der Waals surface area (Å²) in [6.45, 7) is 4.47. The molecule has 0 aromatic heterocycles. The molecule has 2 saturated carbocycles. The van der Waals surface area contributed by atoms with Gasteiger partial charge in [0.05, 0.1) is 16.9 Å². The first-order chi connectivity index (χ1) is 9.37. The number of aliphatic hydroxyl groups is 1. The maximum atomic E-state index is 12.7. The molecule has 2 bridgehead atoms. The second-order valence-corrected chi connectivity index (χ2v) is 8.70. The summed E-state index contributed by atoms with van der Waals surface area (Å²) in [6.07, 6.45) is 2.70. The summed E-state index contributed by atoms with van der Waals surface area (Å²) in [4.78, 5) is 0.808. The van der Waals surface area contributed by atoms with Crippen molar-refractivity contribution < 1.29 is 9.32 Å². The Morgan fingerprint density at radius 1 is 1.35 bits per heavy atom. The van der Waals surface area contributed by atoms with E-state index < -0.39 is 10.8 Å². The highest BCUT2D eigenvalue weighted by molar-refractivity contribution is 7.85. The van der Waals surface area contributed by atoms with Gasteiger partial charge in [-0.15, -0.1) is 0 Å². The van der Waals surface area contributed by atoms with Crippen molar-refractivity contribution in [2.75, 3.05) is 5.75 Å². The molecule has 1 unspecified atom stereocenters. The fourth-order valence-electron chi connectivity index (χ4n) is 4.28. The van der Waals surface area contributed by atoms with Crippen LogP contribution in [0.4, 0.5) is 0 Å². The Labute approximate surface area is 128 Å². The van der Waals surface area contributed by atoms with Gasteiger partial charge in [-0.1, -0.05) is 25.4 Å². The van der Waals surface area contributed by atoms with Crippen LogP contribution in [-0.2, 0) is 10.8 Å². The third-order valence-electron chi connectivity index (χ3n) is 5.85. The number of aliphatic hydroxyl groups excluding tert-OH is 1. The average molecular weight is 313 g/mol. The van der Waals surface area contributed by atoms with E-state index in [1.807, 2.05) is 12.1 Å². The van der Waals surface area contributed by atoms with E-state index in [0.29, 0.717) is 16.7 Å². The Morgan fingerprint density at radius 3 is 2.50 bits per heavy atom. The lowest BCUT2D eigenvalue weighted by atomic mass is 9.70. The topological polar surface area (TPSA) is 37.3 Å². The molecule has 1 aromatic rings. The third-order valence-corrected chi connectivity index (χ3v) is 7.68. The molecule has 3 rings (SSSR count). The number of rotatable bonds is 3. The molecule has 4 atom stereocenters. The highest BCUT2D eigenvalue weighted by Gasteiger charge is 2.64. The lowest BCUT2D eigenvalue weighted by Gasteiger charge is -2.40. The van der Waals surface area contributed by atoms with Gasteiger partial charge in [0.25, 0.3) is 0 Å². The molecule has 1 N–H and O–H groups in total. The molecule has 0 amide bonds. The molecular formula is C16H21ClO2S. The van der Waals surface area contributed by atoms with Gasteiger partial charge in [0.15, 0.2) is 0 Å². The van der Waals surface area contributed by atoms with Crippen LogP contribution in [0.25, 0.3) is 0 Å². The summed E-state index contributed by atoms with van der Waals surface area (Å²) in [5.74, 6) is 1.12. The van der Waals surface area contributed by atoms with E-state index in [1.54, 1.807) is 12.1 Å². The zero-order chi connectivity index (χ0) is 14.5. The summed E-state index contributed by atoms with van der Waals surface area (Å²) < 4.78 is 12.7. The van der Waals surface area contributed by atoms with Crippen LogP contribution in [0.3, 0.4) is 0 Å². The van der Waals surface area contributed by atoms with E-state index in [0.717, 1.165) is 24.2 Å². The predicted molar refractivity (Wildman–Crippen MR) is 82.3 cm³/mol. The lowest BCUT2D eigenvalue weighted by molar-refractivity contribution is 0.0160. The van der Waals surface area contributed by atoms with Gasteiger partial charge in [-0.25, -0.2) is 0 Å². The van der Waals surface area contributed by atoms with Crippen LogP contribution in [0, 0.1) is 16.7 Å². The predicted octanol–water partition coefficient (Wildman–Crippen LogP) is 3.63. The SMILES string of the molecule is CC1(C)[C@@H]2CC[C@@]1(CS(=O)c1ccc(Cl)cc1)[C@H](O)C2. The number of hydrogen-bond donors (Lipinski definition) is 1. The largest absolute Gasteiger partial charge is 0.392 e. The molecule has 2 aliphatic rings. The quantitative estimate of drug-likeness (QED) is 0.925. The summed E-state index contributed by atoms with van der Waals surface area (Å²) in [5.41, 5.74) is -0.114. The molecule has 2 aliphatic carbocycles. The normalized spacial score (nSPS) is 36.2. The number of hydrogen-bond acceptors (Lipinski definition) is 2. The van der Waals surface area contributed by atoms with Gasteiger partial charge in [0.1, 0.15) is 0 Å². The number of fused-ring (bicyclic) bond motifs is 2. The highest BCUT2D eigenvalue weighted by Crippen LogP contribution is 2.66. The molecule has 2 nitrogen and oxygen atoms in total. The lowest BCUT2D eigenvalue weighted by Crippen LogP contribution is -2.43. The van der Waals surface area contributed by atoms with Crippen molar-refractivity contribution in [2.24, 2.45) is 16.7 Å². The zero-order valence-corrected chi connectivity index (χ0v) is 13.5. The van der Waals surface area contributed by atoms with Crippen LogP contribution in [0.15, 0.2) is 29.2 Å². The molecule has 0 radical (unpaired) electrons. The van der Waals surface area contributed by atoms with Crippen molar-refractivity contribution in [3.05, 3.63) is 29.3 Å². The maximum absolute atomic E-state index is 12.7. The van der Waals surface area contributed by atoms with Gasteiger partial charge in [-0.05, 0) is 54.9 Å². The van der Waals surface area contributed by atoms with E-state index in [2.05, 4.69) is 13.8 Å². The van der Waals surface area contributed by atoms with E-state index in [9.17, 15) is 9.32 Å². The molecular weight excluding hydrogens is 292 g/mol. The molecule has 110 valence electrons. The molecule has 20 heavy (non-hydrogen) atoms. The third kappa shape index (κ3) is 1.98. The van der Waals surface area contributed by atoms with Crippen LogP contribution in [0.1, 0.15) is 33.1 Å². The van der Waals surface area contributed by atoms with Gasteiger partial charge >= 0.3 is 0 Å². The van der Waals surface area contributed by atoms with Crippen LogP contribution >= 0.6 is 11.6 Å². The smallest absolute Gasteiger partial charge is 0.0613 e. The van der Waals surface area contributed by atoms with Gasteiger partial charge < -0.3 is 5.11 Å². The van der Waals surface area contributed by atoms with Crippen molar-refractivity contribution in [1.29, 1.82) is 0 Å². The molecule has 1 aromatic carbocycles. The molecule has 2 fully saturated rings. The molecule has 4 heteroatoms. The van der Waals surface area contributed by atoms with E-state index in [1.165, 1.54) is 0 Å². The fraction of sp³-hybridized carbons (Fsp3) is 0.625. The summed E-state index contributed by atoms with van der Waals surface area (Å²) in [6, 6.07) is 7.21. The summed E-state index contributed by atoms with van der Waals surface area (Å²) in [7, 11) is -1.08. The Balaban J connectivity index is 1.86. The Bertz CT molecular complexity index is 540. The maximum Gasteiger partial charge on any atom is 0.0613 e. The second-order valence-electron chi connectivity index (χ2n) is 6.81. The minimum Gasteiger partial charge on any atom is -0.392 e. The Morgan fingerprint density at radius 2 is 2.00 bits per heavy atom. The first-order valence-electron chi connectivity index (χ1n) is 7.19. The molecule has 0 spiro atoms. The zero-order valence-electron chi connectivity index (χ0n) is 11.9. The van der Waals surface area contributed by atoms with Gasteiger partial charge in [0.2, 0.25) is 0 Å². The van der Waals surface area contributed by atoms with Crippen LogP contribution < -0.4 is 0 Å². The van der Waals surface area contributed by atoms with Crippen molar-refractivity contribution in [3.63, 3.8) is 0 Å². The van der Waals surface area contributed by atoms with Gasteiger partial charge in [0, 0.05) is 21.1 Å². The minimum atomic E-state index is -1.08. The second kappa shape index (κ2) is 4.82. The molecule has 0 heterocycles. The average Bonchev–Trinajstić information content (AvgIpc) is 2.73. The van der Waals surface area contributed by atoms with Crippen LogP contribution in [0.2, 0.25) is 5.02 Å². The monoisotopic (exact) mass is 312 g/mol. The standard InChI is InChI=1S/C16H21ClO2S/c1-15(2)11-7-8-16(15,14(18)9-11)10-20(19)13-5-3-12(17)4-6-13/h3-6,11,14,18H,7-10H2,1-2H3/t11-,14-,16-,20?/m1/s1. The van der Waals surface area contributed by atoms with E-state index in [-0.39, 0.29) is 16.9 Å². The van der Waals surface area contributed by atoms with Crippen molar-refractivity contribution in [1.82, 2.24) is 0 Å². The number of benzene rings is 1. The Kier molecular flexibility index (Phi) is 3.51. The Hall–Kier alpha value is -0.380. The van der Waals surface area contributed by atoms with Gasteiger partial charge in [-0.2, -0.15) is 0 Å². The first-order valence-corrected chi connectivity index (χ1v) is 8.88. The van der Waals surface area contributed by atoms with Crippen LogP contribution in [0.5, 0.6) is 0 Å². The van der Waals surface area contributed by atoms with Crippen molar-refractivity contribution >= 4 is 22.4 Å². The fourth-order valence-corrected chi connectivity index (χ4v) is 6.19. The summed E-state index contributed by atoms with van der Waals surface area (Å²) >= 11 is 5.88. The first kappa shape index (κ1) is 14.6. The van der Waals surface area contributed by atoms with Crippen LogP contribution in [-0.4, -0.2) is 21.2 Å². The number of halogens is 1. The molecule has 0 aliphatic heterocycles. The molecule has 0 saturated heterocycles.